The highest BCUT2D eigenvalue weighted by molar-refractivity contribution is 6.50. The number of likely N-dealkylation sites (N-methyl/N-ethyl adjacent to an activating group) is 1. The lowest BCUT2D eigenvalue weighted by molar-refractivity contribution is -0.144. The monoisotopic (exact) mass is 450 g/mol. The largest absolute Gasteiger partial charge is 0.507 e. The highest BCUT2D eigenvalue weighted by Gasteiger charge is 2.66. The number of nitrogens with zero attached hydrogens (tertiary/aromatic N) is 2. The zero-order chi connectivity index (χ0) is 23.8. The van der Waals surface area contributed by atoms with Crippen molar-refractivity contribution >= 4 is 29.0 Å². The SMILES string of the molecule is CCCOc1ccc(C(O)=C2C(=O)C(=O)N(CCOC)C23C(=O)N(C)c2ccccc23)cc1. The maximum absolute atomic E-state index is 13.7. The second kappa shape index (κ2) is 8.71. The van der Waals surface area contributed by atoms with Crippen molar-refractivity contribution in [3.8, 4) is 5.75 Å². The first-order valence-corrected chi connectivity index (χ1v) is 10.8. The van der Waals surface area contributed by atoms with Crippen LogP contribution in [0.15, 0.2) is 54.1 Å². The molecule has 1 saturated heterocycles. The predicted octanol–water partition coefficient (Wildman–Crippen LogP) is 2.67. The Bertz CT molecular complexity index is 1140. The molecule has 0 saturated carbocycles. The van der Waals surface area contributed by atoms with Crippen LogP contribution in [0.25, 0.3) is 5.76 Å². The van der Waals surface area contributed by atoms with Crippen molar-refractivity contribution in [1.29, 1.82) is 0 Å². The summed E-state index contributed by atoms with van der Waals surface area (Å²) in [5, 5.41) is 11.3. The number of fused-ring (bicyclic) bond motifs is 2. The molecule has 8 heteroatoms. The predicted molar refractivity (Wildman–Crippen MR) is 122 cm³/mol. The van der Waals surface area contributed by atoms with Crippen LogP contribution in [0.2, 0.25) is 0 Å². The molecule has 2 aliphatic heterocycles. The van der Waals surface area contributed by atoms with Crippen molar-refractivity contribution in [2.45, 2.75) is 18.9 Å². The standard InChI is InChI=1S/C25H26N2O6/c1-4-14-33-17-11-9-16(10-12-17)21(28)20-22(29)23(30)27(13-15-32-3)25(20)18-7-5-6-8-19(18)26(2)24(25)31/h5-12,28H,4,13-15H2,1-3H3. The molecule has 1 atom stereocenters. The van der Waals surface area contributed by atoms with Gasteiger partial charge in [0, 0.05) is 37.5 Å². The number of para-hydroxylation sites is 1. The molecule has 2 heterocycles. The number of ether oxygens (including phenoxy) is 2. The van der Waals surface area contributed by atoms with Crippen LogP contribution in [0.3, 0.4) is 0 Å². The first-order valence-electron chi connectivity index (χ1n) is 10.8. The van der Waals surface area contributed by atoms with Crippen LogP contribution in [0.4, 0.5) is 5.69 Å². The molecule has 8 nitrogen and oxygen atoms in total. The van der Waals surface area contributed by atoms with Gasteiger partial charge in [-0.3, -0.25) is 14.4 Å². The molecule has 1 spiro atoms. The van der Waals surface area contributed by atoms with E-state index in [1.807, 2.05) is 6.92 Å². The Morgan fingerprint density at radius 3 is 2.39 bits per heavy atom. The summed E-state index contributed by atoms with van der Waals surface area (Å²) < 4.78 is 10.7. The zero-order valence-electron chi connectivity index (χ0n) is 18.8. The number of hydrogen-bond acceptors (Lipinski definition) is 6. The number of anilines is 1. The lowest BCUT2D eigenvalue weighted by atomic mass is 9.82. The van der Waals surface area contributed by atoms with Crippen LogP contribution in [0.1, 0.15) is 24.5 Å². The molecule has 0 aromatic heterocycles. The summed E-state index contributed by atoms with van der Waals surface area (Å²) in [4.78, 5) is 42.8. The van der Waals surface area contributed by atoms with E-state index in [0.717, 1.165) is 6.42 Å². The molecule has 0 radical (unpaired) electrons. The maximum atomic E-state index is 13.7. The van der Waals surface area contributed by atoms with Crippen molar-refractivity contribution in [2.75, 3.05) is 38.8 Å². The Morgan fingerprint density at radius 1 is 1.03 bits per heavy atom. The third kappa shape index (κ3) is 3.29. The number of Topliss-reactive ketones (excluding diaryl/α,β-unsaturated/α-hetero) is 1. The van der Waals surface area contributed by atoms with E-state index in [1.54, 1.807) is 55.6 Å². The highest BCUT2D eigenvalue weighted by atomic mass is 16.5. The summed E-state index contributed by atoms with van der Waals surface area (Å²) in [6, 6.07) is 13.5. The highest BCUT2D eigenvalue weighted by Crippen LogP contribution is 2.53. The van der Waals surface area contributed by atoms with Gasteiger partial charge in [-0.2, -0.15) is 0 Å². The van der Waals surface area contributed by atoms with Crippen molar-refractivity contribution in [1.82, 2.24) is 4.90 Å². The summed E-state index contributed by atoms with van der Waals surface area (Å²) in [6.45, 7) is 2.68. The lowest BCUT2D eigenvalue weighted by Gasteiger charge is -2.34. The van der Waals surface area contributed by atoms with Gasteiger partial charge in [0.05, 0.1) is 18.8 Å². The molecule has 2 amide bonds. The van der Waals surface area contributed by atoms with Crippen LogP contribution >= 0.6 is 0 Å². The van der Waals surface area contributed by atoms with Gasteiger partial charge in [-0.1, -0.05) is 25.1 Å². The number of aliphatic hydroxyl groups is 1. The number of methoxy groups -OCH3 is 1. The molecule has 1 unspecified atom stereocenters. The number of ketones is 1. The number of amides is 2. The summed E-state index contributed by atoms with van der Waals surface area (Å²) >= 11 is 0. The molecule has 4 rings (SSSR count). The first kappa shape index (κ1) is 22.5. The molecule has 33 heavy (non-hydrogen) atoms. The minimum atomic E-state index is -1.76. The fourth-order valence-corrected chi connectivity index (χ4v) is 4.53. The molecule has 2 aromatic rings. The smallest absolute Gasteiger partial charge is 0.296 e. The van der Waals surface area contributed by atoms with Crippen LogP contribution in [0, 0.1) is 0 Å². The number of rotatable bonds is 7. The fraction of sp³-hybridized carbons (Fsp3) is 0.320. The average molecular weight is 450 g/mol. The summed E-state index contributed by atoms with van der Waals surface area (Å²) in [5.41, 5.74) is -0.659. The van der Waals surface area contributed by atoms with Gasteiger partial charge in [0.2, 0.25) is 0 Å². The quantitative estimate of drug-likeness (QED) is 0.396. The van der Waals surface area contributed by atoms with E-state index in [9.17, 15) is 19.5 Å². The third-order valence-electron chi connectivity index (χ3n) is 6.06. The number of hydrogen-bond donors (Lipinski definition) is 1. The topological polar surface area (TPSA) is 96.4 Å². The van der Waals surface area contributed by atoms with E-state index >= 15 is 0 Å². The average Bonchev–Trinajstić information content (AvgIpc) is 3.19. The molecule has 2 aliphatic rings. The summed E-state index contributed by atoms with van der Waals surface area (Å²) in [5.74, 6) is -2.04. The number of aliphatic hydroxyl groups excluding tert-OH is 1. The Morgan fingerprint density at radius 2 is 1.73 bits per heavy atom. The fourth-order valence-electron chi connectivity index (χ4n) is 4.53. The van der Waals surface area contributed by atoms with Crippen molar-refractivity contribution < 1.29 is 29.0 Å². The van der Waals surface area contributed by atoms with E-state index in [1.165, 1.54) is 16.9 Å². The minimum Gasteiger partial charge on any atom is -0.507 e. The molecular formula is C25H26N2O6. The third-order valence-corrected chi connectivity index (χ3v) is 6.06. The van der Waals surface area contributed by atoms with Gasteiger partial charge in [0.25, 0.3) is 17.6 Å². The summed E-state index contributed by atoms with van der Waals surface area (Å²) in [6.07, 6.45) is 0.850. The molecule has 172 valence electrons. The molecular weight excluding hydrogens is 424 g/mol. The van der Waals surface area contributed by atoms with Gasteiger partial charge in [-0.05, 0) is 36.8 Å². The van der Waals surface area contributed by atoms with Gasteiger partial charge in [-0.15, -0.1) is 0 Å². The Labute approximate surface area is 192 Å². The van der Waals surface area contributed by atoms with Crippen molar-refractivity contribution in [2.24, 2.45) is 0 Å². The molecule has 0 bridgehead atoms. The van der Waals surface area contributed by atoms with E-state index in [-0.39, 0.29) is 18.7 Å². The number of carbonyl (C=O) groups is 3. The second-order valence-corrected chi connectivity index (χ2v) is 7.97. The number of benzene rings is 2. The van der Waals surface area contributed by atoms with E-state index in [0.29, 0.717) is 29.2 Å². The molecule has 1 fully saturated rings. The second-order valence-electron chi connectivity index (χ2n) is 7.97. The van der Waals surface area contributed by atoms with Crippen LogP contribution in [0.5, 0.6) is 5.75 Å². The summed E-state index contributed by atoms with van der Waals surface area (Å²) in [7, 11) is 3.06. The minimum absolute atomic E-state index is 0.00949. The van der Waals surface area contributed by atoms with Crippen LogP contribution < -0.4 is 9.64 Å². The molecule has 2 aromatic carbocycles. The van der Waals surface area contributed by atoms with E-state index in [2.05, 4.69) is 0 Å². The number of likely N-dealkylation sites (tertiary alicyclic amines) is 1. The first-order chi connectivity index (χ1) is 15.9. The Balaban J connectivity index is 1.94. The maximum Gasteiger partial charge on any atom is 0.296 e. The van der Waals surface area contributed by atoms with E-state index in [4.69, 9.17) is 9.47 Å². The number of carbonyl (C=O) groups excluding carboxylic acids is 3. The van der Waals surface area contributed by atoms with Gasteiger partial charge in [0.1, 0.15) is 11.5 Å². The normalized spacial score (nSPS) is 21.2. The zero-order valence-corrected chi connectivity index (χ0v) is 18.8. The van der Waals surface area contributed by atoms with E-state index < -0.39 is 28.9 Å². The van der Waals surface area contributed by atoms with Gasteiger partial charge >= 0.3 is 0 Å². The van der Waals surface area contributed by atoms with Crippen LogP contribution in [-0.4, -0.2) is 61.5 Å². The molecule has 0 aliphatic carbocycles. The Kier molecular flexibility index (Phi) is 5.95. The van der Waals surface area contributed by atoms with Gasteiger partial charge < -0.3 is 24.4 Å². The molecule has 1 N–H and O–H groups in total. The van der Waals surface area contributed by atoms with Crippen LogP contribution in [-0.2, 0) is 24.7 Å². The lowest BCUT2D eigenvalue weighted by Crippen LogP contribution is -2.52. The van der Waals surface area contributed by atoms with Gasteiger partial charge in [0.15, 0.2) is 5.54 Å². The van der Waals surface area contributed by atoms with Crippen molar-refractivity contribution in [3.63, 3.8) is 0 Å². The Hall–Kier alpha value is -3.65. The van der Waals surface area contributed by atoms with Gasteiger partial charge in [-0.25, -0.2) is 0 Å². The van der Waals surface area contributed by atoms with Crippen molar-refractivity contribution in [3.05, 3.63) is 65.2 Å².